The van der Waals surface area contributed by atoms with Gasteiger partial charge < -0.3 is 5.11 Å². The molecule has 20 heavy (non-hydrogen) atoms. The second-order valence-electron chi connectivity index (χ2n) is 5.70. The van der Waals surface area contributed by atoms with Gasteiger partial charge in [0.05, 0.1) is 11.0 Å². The molecule has 0 aliphatic carbocycles. The molecule has 5 heteroatoms. The van der Waals surface area contributed by atoms with E-state index in [9.17, 15) is 13.5 Å². The molecule has 1 fully saturated rings. The molecule has 1 aromatic carbocycles. The summed E-state index contributed by atoms with van der Waals surface area (Å²) in [7, 11) is -3.17. The van der Waals surface area contributed by atoms with Gasteiger partial charge in [0.2, 0.25) is 0 Å². The topological polar surface area (TPSA) is 57.6 Å². The number of rotatable bonds is 4. The molecule has 112 valence electrons. The Morgan fingerprint density at radius 3 is 2.50 bits per heavy atom. The van der Waals surface area contributed by atoms with Crippen LogP contribution in [-0.4, -0.2) is 43.8 Å². The van der Waals surface area contributed by atoms with Crippen LogP contribution < -0.4 is 0 Å². The number of aliphatic hydroxyl groups is 1. The first-order valence-electron chi connectivity index (χ1n) is 7.10. The van der Waals surface area contributed by atoms with Crippen LogP contribution in [-0.2, 0) is 9.84 Å². The second kappa shape index (κ2) is 6.24. The maximum absolute atomic E-state index is 11.4. The largest absolute Gasteiger partial charge is 0.387 e. The summed E-state index contributed by atoms with van der Waals surface area (Å²) in [5, 5.41) is 10.3. The molecule has 1 aliphatic rings. The normalized spacial score (nSPS) is 22.6. The van der Waals surface area contributed by atoms with Crippen molar-refractivity contribution in [3.05, 3.63) is 29.8 Å². The third-order valence-electron chi connectivity index (χ3n) is 4.04. The van der Waals surface area contributed by atoms with E-state index in [1.54, 1.807) is 24.3 Å². The van der Waals surface area contributed by atoms with Crippen LogP contribution in [0, 0.1) is 0 Å². The van der Waals surface area contributed by atoms with Crippen LogP contribution >= 0.6 is 0 Å². The van der Waals surface area contributed by atoms with Gasteiger partial charge in [0.1, 0.15) is 0 Å². The van der Waals surface area contributed by atoms with Crippen LogP contribution in [0.4, 0.5) is 0 Å². The molecule has 2 atom stereocenters. The smallest absolute Gasteiger partial charge is 0.175 e. The first-order valence-corrected chi connectivity index (χ1v) is 8.99. The molecular formula is C15H23NO3S. The Hall–Kier alpha value is -0.910. The van der Waals surface area contributed by atoms with E-state index in [4.69, 9.17) is 0 Å². The summed E-state index contributed by atoms with van der Waals surface area (Å²) >= 11 is 0. The van der Waals surface area contributed by atoms with Crippen LogP contribution in [0.5, 0.6) is 0 Å². The Labute approximate surface area is 121 Å². The van der Waals surface area contributed by atoms with E-state index in [0.717, 1.165) is 12.1 Å². The molecule has 0 saturated carbocycles. The molecule has 0 unspecified atom stereocenters. The molecule has 0 spiro atoms. The quantitative estimate of drug-likeness (QED) is 0.923. The van der Waals surface area contributed by atoms with E-state index < -0.39 is 15.9 Å². The van der Waals surface area contributed by atoms with Crippen molar-refractivity contribution in [2.24, 2.45) is 0 Å². The number of likely N-dealkylation sites (tertiary alicyclic amines) is 1. The monoisotopic (exact) mass is 297 g/mol. The van der Waals surface area contributed by atoms with Crippen molar-refractivity contribution in [1.82, 2.24) is 4.90 Å². The minimum atomic E-state index is -3.17. The standard InChI is InChI=1S/C15H23NO3S/c1-12-5-3-4-10-16(12)11-15(17)13-6-8-14(9-7-13)20(2,18)19/h6-9,12,15,17H,3-5,10-11H2,1-2H3/t12-,15-/m0/s1. The molecule has 0 bridgehead atoms. The van der Waals surface area contributed by atoms with Gasteiger partial charge in [-0.1, -0.05) is 18.6 Å². The first kappa shape index (κ1) is 15.5. The summed E-state index contributed by atoms with van der Waals surface area (Å²) in [5.74, 6) is 0. The number of sulfone groups is 1. The highest BCUT2D eigenvalue weighted by Crippen LogP contribution is 2.22. The average molecular weight is 297 g/mol. The Balaban J connectivity index is 2.03. The molecular weight excluding hydrogens is 274 g/mol. The van der Waals surface area contributed by atoms with E-state index in [1.165, 1.54) is 25.5 Å². The molecule has 1 aliphatic heterocycles. The van der Waals surface area contributed by atoms with Gasteiger partial charge in [-0.25, -0.2) is 8.42 Å². The Bertz CT molecular complexity index is 539. The number of hydrogen-bond acceptors (Lipinski definition) is 4. The molecule has 1 saturated heterocycles. The predicted octanol–water partition coefficient (Wildman–Crippen LogP) is 2.00. The zero-order chi connectivity index (χ0) is 14.8. The van der Waals surface area contributed by atoms with Crippen molar-refractivity contribution in [1.29, 1.82) is 0 Å². The summed E-state index contributed by atoms with van der Waals surface area (Å²) < 4.78 is 22.8. The highest BCUT2D eigenvalue weighted by molar-refractivity contribution is 7.90. The molecule has 1 N–H and O–H groups in total. The van der Waals surface area contributed by atoms with Crippen molar-refractivity contribution in [3.8, 4) is 0 Å². The molecule has 4 nitrogen and oxygen atoms in total. The fourth-order valence-electron chi connectivity index (χ4n) is 2.69. The van der Waals surface area contributed by atoms with Gasteiger partial charge in [-0.05, 0) is 44.0 Å². The second-order valence-corrected chi connectivity index (χ2v) is 7.71. The van der Waals surface area contributed by atoms with Gasteiger partial charge >= 0.3 is 0 Å². The lowest BCUT2D eigenvalue weighted by Gasteiger charge is -2.34. The molecule has 0 aromatic heterocycles. The Morgan fingerprint density at radius 2 is 1.95 bits per heavy atom. The van der Waals surface area contributed by atoms with Crippen molar-refractivity contribution < 1.29 is 13.5 Å². The predicted molar refractivity (Wildman–Crippen MR) is 79.4 cm³/mol. The van der Waals surface area contributed by atoms with Gasteiger partial charge in [0, 0.05) is 18.8 Å². The van der Waals surface area contributed by atoms with Crippen LogP contribution in [0.25, 0.3) is 0 Å². The van der Waals surface area contributed by atoms with Gasteiger partial charge in [-0.3, -0.25) is 4.90 Å². The fraction of sp³-hybridized carbons (Fsp3) is 0.600. The highest BCUT2D eigenvalue weighted by Gasteiger charge is 2.21. The van der Waals surface area contributed by atoms with Crippen LogP contribution in [0.15, 0.2) is 29.2 Å². The molecule has 1 aromatic rings. The number of nitrogens with zero attached hydrogens (tertiary/aromatic N) is 1. The van der Waals surface area contributed by atoms with Crippen molar-refractivity contribution in [3.63, 3.8) is 0 Å². The molecule has 1 heterocycles. The highest BCUT2D eigenvalue weighted by atomic mass is 32.2. The lowest BCUT2D eigenvalue weighted by molar-refractivity contribution is 0.0732. The number of benzene rings is 1. The summed E-state index contributed by atoms with van der Waals surface area (Å²) in [4.78, 5) is 2.60. The molecule has 2 rings (SSSR count). The van der Waals surface area contributed by atoms with Gasteiger partial charge in [-0.2, -0.15) is 0 Å². The van der Waals surface area contributed by atoms with E-state index in [2.05, 4.69) is 11.8 Å². The number of aliphatic hydroxyl groups excluding tert-OH is 1. The Morgan fingerprint density at radius 1 is 1.30 bits per heavy atom. The molecule has 0 amide bonds. The van der Waals surface area contributed by atoms with Crippen molar-refractivity contribution in [2.75, 3.05) is 19.3 Å². The maximum Gasteiger partial charge on any atom is 0.175 e. The maximum atomic E-state index is 11.4. The summed E-state index contributed by atoms with van der Waals surface area (Å²) in [6.45, 7) is 3.83. The van der Waals surface area contributed by atoms with Crippen LogP contribution in [0.1, 0.15) is 37.9 Å². The number of hydrogen-bond donors (Lipinski definition) is 1. The minimum Gasteiger partial charge on any atom is -0.387 e. The van der Waals surface area contributed by atoms with Gasteiger partial charge in [0.25, 0.3) is 0 Å². The van der Waals surface area contributed by atoms with E-state index in [-0.39, 0.29) is 0 Å². The third-order valence-corrected chi connectivity index (χ3v) is 5.17. The Kier molecular flexibility index (Phi) is 4.83. The summed E-state index contributed by atoms with van der Waals surface area (Å²) in [5.41, 5.74) is 0.773. The van der Waals surface area contributed by atoms with Crippen LogP contribution in [0.3, 0.4) is 0 Å². The van der Waals surface area contributed by atoms with Gasteiger partial charge in [0.15, 0.2) is 9.84 Å². The zero-order valence-corrected chi connectivity index (χ0v) is 12.9. The number of β-amino-alcohol motifs (C(OH)–C–C–N with tert-alkyl or cyclic N) is 1. The minimum absolute atomic E-state index is 0.291. The summed E-state index contributed by atoms with van der Waals surface area (Å²) in [6.07, 6.45) is 4.25. The first-order chi connectivity index (χ1) is 9.38. The van der Waals surface area contributed by atoms with Gasteiger partial charge in [-0.15, -0.1) is 0 Å². The molecule has 0 radical (unpaired) electrons. The number of piperidine rings is 1. The van der Waals surface area contributed by atoms with Crippen LogP contribution in [0.2, 0.25) is 0 Å². The van der Waals surface area contributed by atoms with Crippen molar-refractivity contribution >= 4 is 9.84 Å². The summed E-state index contributed by atoms with van der Waals surface area (Å²) in [6, 6.07) is 7.04. The fourth-order valence-corrected chi connectivity index (χ4v) is 3.32. The lowest BCUT2D eigenvalue weighted by Crippen LogP contribution is -2.40. The van der Waals surface area contributed by atoms with E-state index >= 15 is 0 Å². The van der Waals surface area contributed by atoms with E-state index in [0.29, 0.717) is 17.5 Å². The average Bonchev–Trinajstić information content (AvgIpc) is 2.40. The SMILES string of the molecule is C[C@H]1CCCCN1C[C@H](O)c1ccc(S(C)(=O)=O)cc1. The van der Waals surface area contributed by atoms with Crippen molar-refractivity contribution in [2.45, 2.75) is 43.2 Å². The third kappa shape index (κ3) is 3.81. The van der Waals surface area contributed by atoms with E-state index in [1.807, 2.05) is 0 Å². The lowest BCUT2D eigenvalue weighted by atomic mass is 10.0. The zero-order valence-electron chi connectivity index (χ0n) is 12.1.